The van der Waals surface area contributed by atoms with Crippen LogP contribution < -0.4 is 15.0 Å². The standard InChI is InChI=1S/C18H12ClN3O6/c1-28-15-7-6-10(9-14(15)22(26)27)8-11-16(23)20-18(25)21(17(11)24)13-5-3-2-4-12(13)19/h2-9H,1H3,(H,20,23,25)/b11-8-. The van der Waals surface area contributed by atoms with Gasteiger partial charge in [-0.1, -0.05) is 29.8 Å². The van der Waals surface area contributed by atoms with E-state index in [4.69, 9.17) is 16.3 Å². The normalized spacial score (nSPS) is 15.6. The Hall–Kier alpha value is -3.72. The van der Waals surface area contributed by atoms with Gasteiger partial charge in [0.05, 0.1) is 22.7 Å². The molecule has 1 fully saturated rings. The van der Waals surface area contributed by atoms with Crippen molar-refractivity contribution in [2.45, 2.75) is 0 Å². The van der Waals surface area contributed by atoms with Gasteiger partial charge in [0.15, 0.2) is 5.75 Å². The highest BCUT2D eigenvalue weighted by atomic mass is 35.5. The fourth-order valence-corrected chi connectivity index (χ4v) is 2.84. The minimum Gasteiger partial charge on any atom is -0.490 e. The Bertz CT molecular complexity index is 1050. The van der Waals surface area contributed by atoms with Gasteiger partial charge in [0.2, 0.25) is 0 Å². The Morgan fingerprint density at radius 2 is 1.89 bits per heavy atom. The number of hydrogen-bond acceptors (Lipinski definition) is 6. The van der Waals surface area contributed by atoms with Gasteiger partial charge in [0.25, 0.3) is 11.8 Å². The van der Waals surface area contributed by atoms with E-state index in [0.29, 0.717) is 0 Å². The maximum Gasteiger partial charge on any atom is 0.335 e. The molecule has 28 heavy (non-hydrogen) atoms. The van der Waals surface area contributed by atoms with E-state index in [1.165, 1.54) is 31.4 Å². The van der Waals surface area contributed by atoms with E-state index < -0.39 is 22.8 Å². The van der Waals surface area contributed by atoms with Crippen LogP contribution in [-0.2, 0) is 9.59 Å². The summed E-state index contributed by atoms with van der Waals surface area (Å²) >= 11 is 6.05. The predicted molar refractivity (Wildman–Crippen MR) is 100 cm³/mol. The first-order valence-corrected chi connectivity index (χ1v) is 8.19. The molecule has 0 atom stereocenters. The molecule has 2 aromatic carbocycles. The molecule has 1 saturated heterocycles. The summed E-state index contributed by atoms with van der Waals surface area (Å²) < 4.78 is 4.92. The Kier molecular flexibility index (Phi) is 5.10. The molecule has 0 radical (unpaired) electrons. The van der Waals surface area contributed by atoms with Crippen LogP contribution in [0.25, 0.3) is 6.08 Å². The summed E-state index contributed by atoms with van der Waals surface area (Å²) in [5, 5.41) is 13.4. The Labute approximate surface area is 163 Å². The van der Waals surface area contributed by atoms with Gasteiger partial charge in [-0.2, -0.15) is 0 Å². The highest BCUT2D eigenvalue weighted by molar-refractivity contribution is 6.42. The van der Waals surface area contributed by atoms with Crippen molar-refractivity contribution in [3.05, 3.63) is 68.7 Å². The largest absolute Gasteiger partial charge is 0.490 e. The zero-order chi connectivity index (χ0) is 20.4. The first kappa shape index (κ1) is 19.1. The van der Waals surface area contributed by atoms with Gasteiger partial charge in [0.1, 0.15) is 5.57 Å². The minimum atomic E-state index is -0.944. The van der Waals surface area contributed by atoms with Crippen LogP contribution in [0.5, 0.6) is 5.75 Å². The molecule has 0 bridgehead atoms. The molecule has 3 rings (SSSR count). The van der Waals surface area contributed by atoms with Crippen LogP contribution in [0.4, 0.5) is 16.2 Å². The number of nitrogens with one attached hydrogen (secondary N) is 1. The second-order valence-corrected chi connectivity index (χ2v) is 6.00. The van der Waals surface area contributed by atoms with Crippen molar-refractivity contribution in [3.63, 3.8) is 0 Å². The fraction of sp³-hybridized carbons (Fsp3) is 0.0556. The van der Waals surface area contributed by atoms with Gasteiger partial charge in [-0.3, -0.25) is 25.0 Å². The lowest BCUT2D eigenvalue weighted by atomic mass is 10.1. The SMILES string of the molecule is COc1ccc(/C=C2/C(=O)NC(=O)N(c3ccccc3Cl)C2=O)cc1[N+](=O)[O-]. The monoisotopic (exact) mass is 401 g/mol. The number of urea groups is 1. The molecule has 10 heteroatoms. The number of ether oxygens (including phenoxy) is 1. The van der Waals surface area contributed by atoms with Gasteiger partial charge in [-0.15, -0.1) is 0 Å². The lowest BCUT2D eigenvalue weighted by Gasteiger charge is -2.27. The minimum absolute atomic E-state index is 0.0273. The van der Waals surface area contributed by atoms with E-state index in [1.54, 1.807) is 12.1 Å². The second-order valence-electron chi connectivity index (χ2n) is 5.60. The maximum atomic E-state index is 12.8. The Balaban J connectivity index is 2.06. The third kappa shape index (κ3) is 3.42. The average molecular weight is 402 g/mol. The van der Waals surface area contributed by atoms with Crippen molar-refractivity contribution in [1.29, 1.82) is 0 Å². The molecular formula is C18H12ClN3O6. The highest BCUT2D eigenvalue weighted by Crippen LogP contribution is 2.31. The van der Waals surface area contributed by atoms with E-state index in [1.807, 2.05) is 0 Å². The molecule has 142 valence electrons. The van der Waals surface area contributed by atoms with E-state index in [9.17, 15) is 24.5 Å². The number of imide groups is 2. The quantitative estimate of drug-likeness (QED) is 0.364. The number of barbiturate groups is 1. The van der Waals surface area contributed by atoms with Gasteiger partial charge in [0, 0.05) is 6.07 Å². The summed E-state index contributed by atoms with van der Waals surface area (Å²) in [4.78, 5) is 48.4. The Morgan fingerprint density at radius 3 is 2.54 bits per heavy atom. The number of amides is 4. The molecule has 1 heterocycles. The third-order valence-corrected chi connectivity index (χ3v) is 4.23. The fourth-order valence-electron chi connectivity index (χ4n) is 2.62. The van der Waals surface area contributed by atoms with Gasteiger partial charge in [-0.05, 0) is 29.8 Å². The molecule has 0 saturated carbocycles. The topological polar surface area (TPSA) is 119 Å². The summed E-state index contributed by atoms with van der Waals surface area (Å²) in [6.07, 6.45) is 1.15. The van der Waals surface area contributed by atoms with Crippen LogP contribution in [0.2, 0.25) is 5.02 Å². The van der Waals surface area contributed by atoms with Crippen molar-refractivity contribution in [1.82, 2.24) is 5.32 Å². The maximum absolute atomic E-state index is 12.8. The van der Waals surface area contributed by atoms with Gasteiger partial charge < -0.3 is 4.74 Å². The van der Waals surface area contributed by atoms with E-state index in [0.717, 1.165) is 17.0 Å². The number of rotatable bonds is 4. The molecule has 0 aliphatic carbocycles. The molecule has 1 aliphatic heterocycles. The summed E-state index contributed by atoms with van der Waals surface area (Å²) in [5.41, 5.74) is -0.399. The summed E-state index contributed by atoms with van der Waals surface area (Å²) in [7, 11) is 1.28. The molecule has 4 amide bonds. The van der Waals surface area contributed by atoms with Crippen LogP contribution in [-0.4, -0.2) is 29.9 Å². The zero-order valence-electron chi connectivity index (χ0n) is 14.3. The molecule has 0 unspecified atom stereocenters. The molecule has 2 aromatic rings. The average Bonchev–Trinajstić information content (AvgIpc) is 2.66. The number of nitro benzene ring substituents is 1. The van der Waals surface area contributed by atoms with Crippen molar-refractivity contribution in [3.8, 4) is 5.75 Å². The molecule has 1 aliphatic rings. The van der Waals surface area contributed by atoms with E-state index in [2.05, 4.69) is 5.32 Å². The van der Waals surface area contributed by atoms with Crippen LogP contribution in [0.3, 0.4) is 0 Å². The number of halogens is 1. The summed E-state index contributed by atoms with van der Waals surface area (Å²) in [6.45, 7) is 0. The first-order valence-electron chi connectivity index (χ1n) is 7.82. The number of anilines is 1. The van der Waals surface area contributed by atoms with Crippen LogP contribution in [0.1, 0.15) is 5.56 Å². The van der Waals surface area contributed by atoms with Crippen molar-refractivity contribution in [2.24, 2.45) is 0 Å². The molecule has 0 spiro atoms. The van der Waals surface area contributed by atoms with E-state index >= 15 is 0 Å². The van der Waals surface area contributed by atoms with Crippen molar-refractivity contribution < 1.29 is 24.0 Å². The van der Waals surface area contributed by atoms with Crippen molar-refractivity contribution in [2.75, 3.05) is 12.0 Å². The summed E-state index contributed by atoms with van der Waals surface area (Å²) in [5.74, 6) is -1.79. The second kappa shape index (κ2) is 7.49. The number of para-hydroxylation sites is 1. The molecule has 9 nitrogen and oxygen atoms in total. The predicted octanol–water partition coefficient (Wildman–Crippen LogP) is 2.92. The number of benzene rings is 2. The summed E-state index contributed by atoms with van der Waals surface area (Å²) in [6, 6.07) is 9.13. The Morgan fingerprint density at radius 1 is 1.18 bits per heavy atom. The van der Waals surface area contributed by atoms with E-state index in [-0.39, 0.29) is 33.3 Å². The van der Waals surface area contributed by atoms with Gasteiger partial charge in [-0.25, -0.2) is 9.69 Å². The molecule has 0 aromatic heterocycles. The van der Waals surface area contributed by atoms with Crippen LogP contribution >= 0.6 is 11.6 Å². The number of nitro groups is 1. The zero-order valence-corrected chi connectivity index (χ0v) is 15.1. The number of hydrogen-bond donors (Lipinski definition) is 1. The van der Waals surface area contributed by atoms with Gasteiger partial charge >= 0.3 is 11.7 Å². The smallest absolute Gasteiger partial charge is 0.335 e. The lowest BCUT2D eigenvalue weighted by Crippen LogP contribution is -2.54. The number of nitrogens with zero attached hydrogens (tertiary/aromatic N) is 2. The highest BCUT2D eigenvalue weighted by Gasteiger charge is 2.37. The van der Waals surface area contributed by atoms with Crippen LogP contribution in [0, 0.1) is 10.1 Å². The third-order valence-electron chi connectivity index (χ3n) is 3.91. The number of methoxy groups -OCH3 is 1. The molecule has 1 N–H and O–H groups in total. The van der Waals surface area contributed by atoms with Crippen molar-refractivity contribution >= 4 is 46.9 Å². The first-order chi connectivity index (χ1) is 13.3. The number of carbonyl (C=O) groups excluding carboxylic acids is 3. The lowest BCUT2D eigenvalue weighted by molar-refractivity contribution is -0.385. The molecular weight excluding hydrogens is 390 g/mol. The number of carbonyl (C=O) groups is 3. The van der Waals surface area contributed by atoms with Crippen LogP contribution in [0.15, 0.2) is 48.0 Å².